The van der Waals surface area contributed by atoms with E-state index in [4.69, 9.17) is 9.47 Å². The number of carbonyl (C=O) groups is 1. The van der Waals surface area contributed by atoms with Crippen LogP contribution in [-0.2, 0) is 4.74 Å². The Balaban J connectivity index is 2.32. The largest absolute Gasteiger partial charge is 0.490 e. The van der Waals surface area contributed by atoms with E-state index in [-0.39, 0.29) is 11.9 Å². The van der Waals surface area contributed by atoms with Crippen molar-refractivity contribution in [3.63, 3.8) is 0 Å². The van der Waals surface area contributed by atoms with Gasteiger partial charge in [0.15, 0.2) is 5.78 Å². The molecule has 1 aliphatic carbocycles. The van der Waals surface area contributed by atoms with Crippen LogP contribution in [0.25, 0.3) is 0 Å². The number of ether oxygens (including phenoxy) is 2. The van der Waals surface area contributed by atoms with Crippen molar-refractivity contribution in [1.29, 1.82) is 0 Å². The Hall–Kier alpha value is -1.35. The summed E-state index contributed by atoms with van der Waals surface area (Å²) in [5, 5.41) is 0. The molecule has 0 amide bonds. The minimum atomic E-state index is -0.634. The van der Waals surface area contributed by atoms with Gasteiger partial charge in [-0.2, -0.15) is 0 Å². The van der Waals surface area contributed by atoms with Crippen LogP contribution < -0.4 is 4.74 Å². The fourth-order valence-corrected chi connectivity index (χ4v) is 2.92. The van der Waals surface area contributed by atoms with Crippen molar-refractivity contribution in [3.05, 3.63) is 29.8 Å². The van der Waals surface area contributed by atoms with Crippen LogP contribution in [0.5, 0.6) is 5.75 Å². The first-order valence-electron chi connectivity index (χ1n) is 7.53. The van der Waals surface area contributed by atoms with Gasteiger partial charge in [-0.15, -0.1) is 0 Å². The van der Waals surface area contributed by atoms with Gasteiger partial charge in [0.25, 0.3) is 0 Å². The fourth-order valence-electron chi connectivity index (χ4n) is 2.92. The van der Waals surface area contributed by atoms with E-state index in [1.54, 1.807) is 0 Å². The summed E-state index contributed by atoms with van der Waals surface area (Å²) in [5.41, 5.74) is 0.0158. The second-order valence-electron chi connectivity index (χ2n) is 5.63. The number of ketones is 1. The Morgan fingerprint density at radius 3 is 2.50 bits per heavy atom. The molecule has 1 fully saturated rings. The van der Waals surface area contributed by atoms with Crippen LogP contribution in [-0.4, -0.2) is 24.1 Å². The molecule has 0 N–H and O–H groups in total. The summed E-state index contributed by atoms with van der Waals surface area (Å²) in [4.78, 5) is 13.0. The van der Waals surface area contributed by atoms with Crippen LogP contribution in [0, 0.1) is 0 Å². The number of Topliss-reactive ketones (excluding diaryl/α,β-unsaturated/α-hetero) is 1. The average molecular weight is 276 g/mol. The zero-order chi connectivity index (χ0) is 14.6. The van der Waals surface area contributed by atoms with E-state index in [9.17, 15) is 4.79 Å². The second-order valence-corrected chi connectivity index (χ2v) is 5.63. The molecule has 1 aromatic rings. The Morgan fingerprint density at radius 1 is 1.25 bits per heavy atom. The lowest BCUT2D eigenvalue weighted by atomic mass is 9.90. The zero-order valence-electron chi connectivity index (χ0n) is 12.6. The quantitative estimate of drug-likeness (QED) is 0.736. The summed E-state index contributed by atoms with van der Waals surface area (Å²) in [7, 11) is 0. The summed E-state index contributed by atoms with van der Waals surface area (Å²) >= 11 is 0. The maximum atomic E-state index is 13.0. The van der Waals surface area contributed by atoms with Crippen molar-refractivity contribution in [2.45, 2.75) is 58.2 Å². The van der Waals surface area contributed by atoms with Gasteiger partial charge >= 0.3 is 0 Å². The van der Waals surface area contributed by atoms with E-state index in [1.807, 2.05) is 45.0 Å². The topological polar surface area (TPSA) is 35.5 Å². The predicted octanol–water partition coefficient (Wildman–Crippen LogP) is 4.01. The first-order chi connectivity index (χ1) is 9.59. The molecule has 0 spiro atoms. The Kier molecular flexibility index (Phi) is 4.81. The number of rotatable bonds is 6. The monoisotopic (exact) mass is 276 g/mol. The fraction of sp³-hybridized carbons (Fsp3) is 0.588. The third-order valence-corrected chi connectivity index (χ3v) is 3.74. The van der Waals surface area contributed by atoms with Gasteiger partial charge in [0, 0.05) is 6.61 Å². The van der Waals surface area contributed by atoms with Gasteiger partial charge in [-0.05, 0) is 58.6 Å². The predicted molar refractivity (Wildman–Crippen MR) is 79.4 cm³/mol. The maximum Gasteiger partial charge on any atom is 0.198 e. The van der Waals surface area contributed by atoms with Crippen molar-refractivity contribution in [1.82, 2.24) is 0 Å². The number of hydrogen-bond donors (Lipinski definition) is 0. The zero-order valence-corrected chi connectivity index (χ0v) is 12.6. The van der Waals surface area contributed by atoms with Crippen LogP contribution in [0.1, 0.15) is 56.8 Å². The number of para-hydroxylation sites is 1. The molecule has 1 saturated carbocycles. The summed E-state index contributed by atoms with van der Waals surface area (Å²) in [6.07, 6.45) is 3.79. The van der Waals surface area contributed by atoms with Gasteiger partial charge in [0.1, 0.15) is 11.4 Å². The summed E-state index contributed by atoms with van der Waals surface area (Å²) in [6, 6.07) is 7.49. The number of hydrogen-bond acceptors (Lipinski definition) is 3. The third kappa shape index (κ3) is 3.04. The highest BCUT2D eigenvalue weighted by Gasteiger charge is 2.43. The molecule has 0 aromatic heterocycles. The van der Waals surface area contributed by atoms with E-state index < -0.39 is 5.60 Å². The molecule has 20 heavy (non-hydrogen) atoms. The molecular formula is C17H24O3. The highest BCUT2D eigenvalue weighted by Crippen LogP contribution is 2.38. The van der Waals surface area contributed by atoms with Crippen molar-refractivity contribution in [2.24, 2.45) is 0 Å². The number of carbonyl (C=O) groups excluding carboxylic acids is 1. The van der Waals surface area contributed by atoms with E-state index in [2.05, 4.69) is 0 Å². The van der Waals surface area contributed by atoms with Gasteiger partial charge in [-0.25, -0.2) is 0 Å². The Morgan fingerprint density at radius 2 is 1.90 bits per heavy atom. The Bertz CT molecular complexity index is 459. The molecule has 3 nitrogen and oxygen atoms in total. The molecule has 2 rings (SSSR count). The molecular weight excluding hydrogens is 252 g/mol. The van der Waals surface area contributed by atoms with Crippen molar-refractivity contribution < 1.29 is 14.3 Å². The summed E-state index contributed by atoms with van der Waals surface area (Å²) < 4.78 is 11.6. The number of benzene rings is 1. The van der Waals surface area contributed by atoms with E-state index in [0.29, 0.717) is 17.9 Å². The SMILES string of the molecule is CCOC1(C(=O)c2ccccc2OC(C)C)CCCC1. The van der Waals surface area contributed by atoms with E-state index in [1.165, 1.54) is 0 Å². The van der Waals surface area contributed by atoms with Crippen LogP contribution >= 0.6 is 0 Å². The lowest BCUT2D eigenvalue weighted by molar-refractivity contribution is -0.0166. The molecule has 0 aliphatic heterocycles. The molecule has 0 saturated heterocycles. The first kappa shape index (κ1) is 15.0. The molecule has 0 heterocycles. The van der Waals surface area contributed by atoms with Gasteiger partial charge in [-0.1, -0.05) is 12.1 Å². The van der Waals surface area contributed by atoms with E-state index >= 15 is 0 Å². The molecule has 3 heteroatoms. The molecule has 0 bridgehead atoms. The minimum Gasteiger partial charge on any atom is -0.490 e. The standard InChI is InChI=1S/C17H24O3/c1-4-19-17(11-7-8-12-17)16(18)14-9-5-6-10-15(14)20-13(2)3/h5-6,9-10,13H,4,7-8,11-12H2,1-3H3. The molecule has 1 aliphatic rings. The van der Waals surface area contributed by atoms with Crippen LogP contribution in [0.15, 0.2) is 24.3 Å². The molecule has 1 aromatic carbocycles. The van der Waals surface area contributed by atoms with Crippen molar-refractivity contribution in [3.8, 4) is 5.75 Å². The highest BCUT2D eigenvalue weighted by atomic mass is 16.5. The van der Waals surface area contributed by atoms with Crippen molar-refractivity contribution in [2.75, 3.05) is 6.61 Å². The first-order valence-corrected chi connectivity index (χ1v) is 7.53. The van der Waals surface area contributed by atoms with Crippen LogP contribution in [0.2, 0.25) is 0 Å². The molecule has 0 unspecified atom stereocenters. The normalized spacial score (nSPS) is 17.4. The van der Waals surface area contributed by atoms with Gasteiger partial charge in [0.2, 0.25) is 0 Å². The maximum absolute atomic E-state index is 13.0. The molecule has 0 radical (unpaired) electrons. The summed E-state index contributed by atoms with van der Waals surface area (Å²) in [6.45, 7) is 6.45. The lowest BCUT2D eigenvalue weighted by Gasteiger charge is -2.28. The summed E-state index contributed by atoms with van der Waals surface area (Å²) in [5.74, 6) is 0.742. The average Bonchev–Trinajstić information content (AvgIpc) is 2.88. The van der Waals surface area contributed by atoms with Crippen molar-refractivity contribution >= 4 is 5.78 Å². The lowest BCUT2D eigenvalue weighted by Crippen LogP contribution is -2.39. The highest BCUT2D eigenvalue weighted by molar-refractivity contribution is 6.04. The van der Waals surface area contributed by atoms with Gasteiger partial charge in [-0.3, -0.25) is 4.79 Å². The van der Waals surface area contributed by atoms with Crippen LogP contribution in [0.4, 0.5) is 0 Å². The minimum absolute atomic E-state index is 0.0515. The molecule has 0 atom stereocenters. The Labute approximate surface area is 121 Å². The van der Waals surface area contributed by atoms with E-state index in [0.717, 1.165) is 25.7 Å². The van der Waals surface area contributed by atoms with Gasteiger partial charge < -0.3 is 9.47 Å². The van der Waals surface area contributed by atoms with Crippen LogP contribution in [0.3, 0.4) is 0 Å². The molecule has 110 valence electrons. The second kappa shape index (κ2) is 6.40. The van der Waals surface area contributed by atoms with Gasteiger partial charge in [0.05, 0.1) is 11.7 Å². The third-order valence-electron chi connectivity index (χ3n) is 3.74. The smallest absolute Gasteiger partial charge is 0.198 e.